The maximum absolute atomic E-state index is 5.27. The molecule has 2 nitrogen and oxygen atoms in total. The van der Waals surface area contributed by atoms with Gasteiger partial charge in [0.05, 0.1) is 0 Å². The average Bonchev–Trinajstić information content (AvgIpc) is 1.85. The summed E-state index contributed by atoms with van der Waals surface area (Å²) in [6, 6.07) is 5.67. The van der Waals surface area contributed by atoms with Gasteiger partial charge in [0.2, 0.25) is 0 Å². The summed E-state index contributed by atoms with van der Waals surface area (Å²) in [7, 11) is 20.0. The second-order valence-corrected chi connectivity index (χ2v) is 20.9. The first-order chi connectivity index (χ1) is 5.39. The first-order valence-electron chi connectivity index (χ1n) is 2.68. The normalized spacial score (nSPS) is 11.3. The van der Waals surface area contributed by atoms with Crippen LogP contribution in [0, 0.1) is 0 Å². The van der Waals surface area contributed by atoms with E-state index in [4.69, 9.17) is 41.5 Å². The van der Waals surface area contributed by atoms with Gasteiger partial charge in [0.25, 0.3) is 0 Å². The topological polar surface area (TPSA) is 29.9 Å². The van der Waals surface area contributed by atoms with Crippen LogP contribution >= 0.6 is 35.6 Å². The molecule has 72 valence electrons. The van der Waals surface area contributed by atoms with Crippen LogP contribution < -0.4 is 24.4 Å². The van der Waals surface area contributed by atoms with Gasteiger partial charge in [-0.15, -0.1) is 0 Å². The number of aromatic nitrogens is 1. The van der Waals surface area contributed by atoms with Crippen molar-refractivity contribution in [1.82, 2.24) is 0 Å². The minimum atomic E-state index is -3.05. The van der Waals surface area contributed by atoms with Crippen LogP contribution in [0.3, 0.4) is 0 Å². The van der Waals surface area contributed by atoms with Crippen molar-refractivity contribution in [2.75, 3.05) is 5.84 Å². The Hall–Kier alpha value is 0.840. The summed E-state index contributed by atoms with van der Waals surface area (Å²) < 4.78 is 1.50. The molecule has 1 heterocycles. The number of hydrogen-bond donors (Lipinski definition) is 1. The second kappa shape index (κ2) is 6.32. The molecule has 0 fully saturated rings. The summed E-state index contributed by atoms with van der Waals surface area (Å²) in [6.45, 7) is 0. The Morgan fingerprint density at radius 3 is 1.42 bits per heavy atom. The molecule has 0 aliphatic heterocycles. The zero-order chi connectivity index (χ0) is 9.61. The van der Waals surface area contributed by atoms with Crippen molar-refractivity contribution in [2.24, 2.45) is 0 Å². The van der Waals surface area contributed by atoms with Gasteiger partial charge in [-0.3, -0.25) is 0 Å². The summed E-state index contributed by atoms with van der Waals surface area (Å²) in [5.41, 5.74) is 0. The van der Waals surface area contributed by atoms with E-state index in [0.717, 1.165) is 0 Å². The molecule has 0 spiro atoms. The van der Waals surface area contributed by atoms with Gasteiger partial charge >= 0.3 is 49.6 Å². The Morgan fingerprint density at radius 1 is 0.917 bits per heavy atom. The van der Waals surface area contributed by atoms with Crippen molar-refractivity contribution in [3.63, 3.8) is 0 Å². The molecule has 12 heavy (non-hydrogen) atoms. The molecule has 0 aliphatic rings. The van der Waals surface area contributed by atoms with Crippen LogP contribution in [0.1, 0.15) is 0 Å². The van der Waals surface area contributed by atoms with Gasteiger partial charge in [0, 0.05) is 12.1 Å². The number of halogens is 5. The Balaban J connectivity index is 0.000000217. The van der Waals surface area contributed by atoms with Gasteiger partial charge in [0.15, 0.2) is 12.4 Å². The van der Waals surface area contributed by atoms with E-state index < -0.39 is 13.9 Å². The largest absolute Gasteiger partial charge is 0.205 e. The molecular weight excluding hydrogens is 357 g/mol. The van der Waals surface area contributed by atoms with E-state index in [-0.39, 0.29) is 0 Å². The predicted molar refractivity (Wildman–Crippen MR) is 50.2 cm³/mol. The Morgan fingerprint density at radius 2 is 1.25 bits per heavy atom. The van der Waals surface area contributed by atoms with Gasteiger partial charge in [-0.2, -0.15) is 0 Å². The van der Waals surface area contributed by atoms with Gasteiger partial charge in [-0.1, -0.05) is 10.7 Å². The van der Waals surface area contributed by atoms with Crippen LogP contribution in [-0.2, 0) is 0 Å². The zero-order valence-corrected chi connectivity index (χ0v) is 11.0. The van der Waals surface area contributed by atoms with Gasteiger partial charge in [0.1, 0.15) is 0 Å². The number of pyridine rings is 1. The zero-order valence-electron chi connectivity index (χ0n) is 5.80. The van der Waals surface area contributed by atoms with E-state index in [1.807, 2.05) is 18.2 Å². The van der Waals surface area contributed by atoms with Gasteiger partial charge < -0.3 is 0 Å². The Labute approximate surface area is 89.9 Å². The molecule has 7 heteroatoms. The number of hydrogen-bond acceptors (Lipinski definition) is 1. The summed E-state index contributed by atoms with van der Waals surface area (Å²) in [6.07, 6.45) is 3.56. The van der Waals surface area contributed by atoms with Crippen LogP contribution in [0.5, 0.6) is 0 Å². The van der Waals surface area contributed by atoms with Gasteiger partial charge in [-0.25, -0.2) is 5.84 Å². The van der Waals surface area contributed by atoms with Crippen molar-refractivity contribution in [3.8, 4) is 0 Å². The molecule has 1 rings (SSSR count). The van der Waals surface area contributed by atoms with E-state index in [9.17, 15) is 0 Å². The minimum absolute atomic E-state index is 1.50. The number of rotatable bonds is 0. The molecule has 0 aliphatic carbocycles. The Bertz CT molecular complexity index is 206. The molecule has 0 bridgehead atoms. The molecular formula is C5H7Cl4IN2. The van der Waals surface area contributed by atoms with Crippen molar-refractivity contribution < 1.29 is 18.6 Å². The first kappa shape index (κ1) is 12.8. The standard InChI is InChI=1S/C5H7N2.Cl4I/c6-7-4-2-1-3-5-7;1-5(2,3)4/h1-5H,6H2;/q+1;-1. The van der Waals surface area contributed by atoms with E-state index in [0.29, 0.717) is 0 Å². The van der Waals surface area contributed by atoms with E-state index >= 15 is 0 Å². The van der Waals surface area contributed by atoms with E-state index in [1.54, 1.807) is 12.4 Å². The number of nitrogens with zero attached hydrogens (tertiary/aromatic N) is 1. The first-order valence-corrected chi connectivity index (χ1v) is 13.6. The van der Waals surface area contributed by atoms with Crippen molar-refractivity contribution in [1.29, 1.82) is 0 Å². The smallest absolute Gasteiger partial charge is 0.199 e. The molecule has 0 atom stereocenters. The fourth-order valence-corrected chi connectivity index (χ4v) is 0.412. The average molecular weight is 364 g/mol. The third kappa shape index (κ3) is 13.4. The number of nitrogens with two attached hydrogens (primary N) is 1. The summed E-state index contributed by atoms with van der Waals surface area (Å²) in [4.78, 5) is 0. The van der Waals surface area contributed by atoms with Crippen LogP contribution in [0.25, 0.3) is 0 Å². The van der Waals surface area contributed by atoms with Crippen molar-refractivity contribution >= 4 is 35.6 Å². The summed E-state index contributed by atoms with van der Waals surface area (Å²) in [5, 5.41) is 0. The SMILES string of the molecule is Cl[I-](Cl)(Cl)Cl.N[n+]1ccccc1. The third-order valence-electron chi connectivity index (χ3n) is 0.739. The monoisotopic (exact) mass is 362 g/mol. The van der Waals surface area contributed by atoms with E-state index in [2.05, 4.69) is 0 Å². The molecule has 1 aromatic heterocycles. The van der Waals surface area contributed by atoms with Crippen LogP contribution in [0.2, 0.25) is 0 Å². The Kier molecular flexibility index (Phi) is 6.76. The van der Waals surface area contributed by atoms with E-state index in [1.165, 1.54) is 4.68 Å². The van der Waals surface area contributed by atoms with Crippen LogP contribution in [0.15, 0.2) is 30.6 Å². The molecule has 1 aromatic rings. The molecule has 0 unspecified atom stereocenters. The fraction of sp³-hybridized carbons (Fsp3) is 0. The summed E-state index contributed by atoms with van der Waals surface area (Å²) in [5.74, 6) is 5.27. The van der Waals surface area contributed by atoms with Gasteiger partial charge in [-0.05, 0) is 0 Å². The molecule has 0 saturated heterocycles. The maximum Gasteiger partial charge on any atom is 0.199 e. The molecule has 0 aromatic carbocycles. The second-order valence-electron chi connectivity index (χ2n) is 1.65. The fourth-order valence-electron chi connectivity index (χ4n) is 0.412. The third-order valence-corrected chi connectivity index (χ3v) is 0.739. The van der Waals surface area contributed by atoms with Crippen molar-refractivity contribution in [2.45, 2.75) is 0 Å². The quantitative estimate of drug-likeness (QED) is 0.374. The predicted octanol–water partition coefficient (Wildman–Crippen LogP) is -0.550. The molecule has 0 amide bonds. The number of nitrogen functional groups attached to an aromatic ring is 1. The molecule has 2 N–H and O–H groups in total. The molecule has 0 radical (unpaired) electrons. The van der Waals surface area contributed by atoms with Crippen LogP contribution in [0.4, 0.5) is 0 Å². The summed E-state index contributed by atoms with van der Waals surface area (Å²) >= 11 is -3.05. The maximum atomic E-state index is 5.27. The molecule has 0 saturated carbocycles. The minimum Gasteiger partial charge on any atom is -0.205 e. The van der Waals surface area contributed by atoms with Crippen molar-refractivity contribution in [3.05, 3.63) is 30.6 Å². The van der Waals surface area contributed by atoms with Crippen LogP contribution in [-0.4, -0.2) is 0 Å².